The van der Waals surface area contributed by atoms with E-state index in [1.54, 1.807) is 36.1 Å². The first-order chi connectivity index (χ1) is 10.4. The van der Waals surface area contributed by atoms with Crippen LogP contribution in [0.25, 0.3) is 0 Å². The number of hydrogen-bond acceptors (Lipinski definition) is 4. The summed E-state index contributed by atoms with van der Waals surface area (Å²) in [5.74, 6) is -0.519. The summed E-state index contributed by atoms with van der Waals surface area (Å²) in [4.78, 5) is 36.7. The first-order valence-corrected chi connectivity index (χ1v) is 8.25. The van der Waals surface area contributed by atoms with Gasteiger partial charge in [-0.25, -0.2) is 0 Å². The number of ketones is 1. The van der Waals surface area contributed by atoms with E-state index in [-0.39, 0.29) is 29.7 Å². The lowest BCUT2D eigenvalue weighted by atomic mass is 9.90. The van der Waals surface area contributed by atoms with E-state index < -0.39 is 11.4 Å². The van der Waals surface area contributed by atoms with Crippen molar-refractivity contribution in [3.8, 4) is 0 Å². The minimum absolute atomic E-state index is 0.00445. The molecular weight excluding hydrogens is 302 g/mol. The number of likely N-dealkylation sites (tertiary alicyclic amines) is 1. The molecule has 0 saturated carbocycles. The van der Waals surface area contributed by atoms with E-state index in [1.165, 1.54) is 11.8 Å². The number of thioether (sulfide) groups is 1. The van der Waals surface area contributed by atoms with Gasteiger partial charge in [-0.15, -0.1) is 11.8 Å². The quantitative estimate of drug-likeness (QED) is 0.810. The standard InChI is InChI=1S/C16H19NO4S/c1-16(15(20)21)7-8-17(11-16)14(19)10-22-9-13(18)12-5-3-2-4-6-12/h2-6H,7-11H2,1H3,(H,20,21). The molecule has 22 heavy (non-hydrogen) atoms. The highest BCUT2D eigenvalue weighted by Crippen LogP contribution is 2.30. The first kappa shape index (κ1) is 16.5. The second-order valence-electron chi connectivity index (χ2n) is 5.71. The van der Waals surface area contributed by atoms with Gasteiger partial charge in [0.2, 0.25) is 5.91 Å². The summed E-state index contributed by atoms with van der Waals surface area (Å²) in [5.41, 5.74) is -0.206. The molecule has 1 heterocycles. The monoisotopic (exact) mass is 321 g/mol. The van der Waals surface area contributed by atoms with Gasteiger partial charge in [-0.05, 0) is 13.3 Å². The second-order valence-corrected chi connectivity index (χ2v) is 6.70. The number of nitrogens with zero attached hydrogens (tertiary/aromatic N) is 1. The fraction of sp³-hybridized carbons (Fsp3) is 0.438. The van der Waals surface area contributed by atoms with Gasteiger partial charge in [-0.2, -0.15) is 0 Å². The number of aliphatic carboxylic acids is 1. The van der Waals surface area contributed by atoms with Crippen LogP contribution in [-0.2, 0) is 9.59 Å². The number of Topliss-reactive ketones (excluding diaryl/α,β-unsaturated/α-hetero) is 1. The molecular formula is C16H19NO4S. The summed E-state index contributed by atoms with van der Waals surface area (Å²) < 4.78 is 0. The number of benzene rings is 1. The molecule has 118 valence electrons. The Balaban J connectivity index is 1.77. The maximum absolute atomic E-state index is 12.1. The molecule has 2 rings (SSSR count). The average molecular weight is 321 g/mol. The average Bonchev–Trinajstić information content (AvgIpc) is 2.92. The molecule has 5 nitrogen and oxygen atoms in total. The van der Waals surface area contributed by atoms with Gasteiger partial charge in [0.05, 0.1) is 16.9 Å². The van der Waals surface area contributed by atoms with Crippen LogP contribution in [0.1, 0.15) is 23.7 Å². The van der Waals surface area contributed by atoms with Gasteiger partial charge in [-0.1, -0.05) is 30.3 Å². The molecule has 1 saturated heterocycles. The summed E-state index contributed by atoms with van der Waals surface area (Å²) in [6, 6.07) is 8.97. The van der Waals surface area contributed by atoms with Crippen molar-refractivity contribution in [1.82, 2.24) is 4.90 Å². The Morgan fingerprint density at radius 3 is 2.50 bits per heavy atom. The highest BCUT2D eigenvalue weighted by Gasteiger charge is 2.41. The van der Waals surface area contributed by atoms with Crippen molar-refractivity contribution in [1.29, 1.82) is 0 Å². The third-order valence-electron chi connectivity index (χ3n) is 3.90. The summed E-state index contributed by atoms with van der Waals surface area (Å²) >= 11 is 1.27. The number of carboxylic acids is 1. The van der Waals surface area contributed by atoms with Crippen LogP contribution in [0.3, 0.4) is 0 Å². The zero-order valence-electron chi connectivity index (χ0n) is 12.4. The van der Waals surface area contributed by atoms with Crippen molar-refractivity contribution in [3.05, 3.63) is 35.9 Å². The zero-order valence-corrected chi connectivity index (χ0v) is 13.3. The zero-order chi connectivity index (χ0) is 16.2. The van der Waals surface area contributed by atoms with Crippen LogP contribution >= 0.6 is 11.8 Å². The minimum Gasteiger partial charge on any atom is -0.481 e. The van der Waals surface area contributed by atoms with Crippen molar-refractivity contribution in [3.63, 3.8) is 0 Å². The molecule has 0 aliphatic carbocycles. The lowest BCUT2D eigenvalue weighted by Gasteiger charge is -2.20. The summed E-state index contributed by atoms with van der Waals surface area (Å²) in [6.45, 7) is 2.37. The van der Waals surface area contributed by atoms with E-state index in [0.717, 1.165) is 0 Å². The third kappa shape index (κ3) is 3.88. The highest BCUT2D eigenvalue weighted by atomic mass is 32.2. The van der Waals surface area contributed by atoms with Crippen LogP contribution in [0.5, 0.6) is 0 Å². The van der Waals surface area contributed by atoms with Crippen LogP contribution in [0.2, 0.25) is 0 Å². The largest absolute Gasteiger partial charge is 0.481 e. The minimum atomic E-state index is -0.866. The molecule has 6 heteroatoms. The van der Waals surface area contributed by atoms with Crippen molar-refractivity contribution in [2.75, 3.05) is 24.6 Å². The molecule has 1 atom stereocenters. The molecule has 0 aromatic heterocycles. The fourth-order valence-electron chi connectivity index (χ4n) is 2.38. The second kappa shape index (κ2) is 6.96. The number of carboxylic acid groups (broad SMARTS) is 1. The third-order valence-corrected chi connectivity index (χ3v) is 4.81. The SMILES string of the molecule is CC1(C(=O)O)CCN(C(=O)CSCC(=O)c2ccccc2)C1. The van der Waals surface area contributed by atoms with Crippen LogP contribution in [0, 0.1) is 5.41 Å². The molecule has 1 aromatic carbocycles. The van der Waals surface area contributed by atoms with Crippen molar-refractivity contribution in [2.24, 2.45) is 5.41 Å². The van der Waals surface area contributed by atoms with Gasteiger partial charge >= 0.3 is 5.97 Å². The molecule has 1 fully saturated rings. The van der Waals surface area contributed by atoms with Gasteiger partial charge in [0.1, 0.15) is 0 Å². The maximum Gasteiger partial charge on any atom is 0.311 e. The van der Waals surface area contributed by atoms with E-state index in [9.17, 15) is 14.4 Å². The van der Waals surface area contributed by atoms with Gasteiger partial charge in [0, 0.05) is 18.7 Å². The van der Waals surface area contributed by atoms with Crippen molar-refractivity contribution >= 4 is 29.4 Å². The van der Waals surface area contributed by atoms with E-state index in [4.69, 9.17) is 5.11 Å². The van der Waals surface area contributed by atoms with E-state index >= 15 is 0 Å². The molecule has 1 amide bonds. The predicted molar refractivity (Wildman–Crippen MR) is 85.0 cm³/mol. The molecule has 1 aliphatic rings. The normalized spacial score (nSPS) is 20.9. The molecule has 1 aromatic rings. The maximum atomic E-state index is 12.1. The lowest BCUT2D eigenvalue weighted by Crippen LogP contribution is -2.35. The number of carbonyl (C=O) groups is 3. The van der Waals surface area contributed by atoms with Gasteiger partial charge < -0.3 is 10.0 Å². The smallest absolute Gasteiger partial charge is 0.311 e. The predicted octanol–water partition coefficient (Wildman–Crippen LogP) is 1.93. The number of carbonyl (C=O) groups excluding carboxylic acids is 2. The van der Waals surface area contributed by atoms with Gasteiger partial charge in [0.25, 0.3) is 0 Å². The van der Waals surface area contributed by atoms with Crippen molar-refractivity contribution < 1.29 is 19.5 Å². The highest BCUT2D eigenvalue weighted by molar-refractivity contribution is 8.00. The Kier molecular flexibility index (Phi) is 5.24. The van der Waals surface area contributed by atoms with E-state index in [2.05, 4.69) is 0 Å². The van der Waals surface area contributed by atoms with Crippen LogP contribution in [0.15, 0.2) is 30.3 Å². The molecule has 0 bridgehead atoms. The number of amides is 1. The number of rotatable bonds is 6. The summed E-state index contributed by atoms with van der Waals surface area (Å²) in [5, 5.41) is 9.16. The van der Waals surface area contributed by atoms with Crippen LogP contribution < -0.4 is 0 Å². The Bertz CT molecular complexity index is 575. The lowest BCUT2D eigenvalue weighted by molar-refractivity contribution is -0.147. The van der Waals surface area contributed by atoms with Crippen LogP contribution in [-0.4, -0.2) is 52.3 Å². The molecule has 0 spiro atoms. The summed E-state index contributed by atoms with van der Waals surface area (Å²) in [6.07, 6.45) is 0.474. The molecule has 1 aliphatic heterocycles. The molecule has 1 N–H and O–H groups in total. The number of hydrogen-bond donors (Lipinski definition) is 1. The van der Waals surface area contributed by atoms with Gasteiger partial charge in [0.15, 0.2) is 5.78 Å². The van der Waals surface area contributed by atoms with Crippen LogP contribution in [0.4, 0.5) is 0 Å². The Morgan fingerprint density at radius 2 is 1.91 bits per heavy atom. The van der Waals surface area contributed by atoms with Crippen molar-refractivity contribution in [2.45, 2.75) is 13.3 Å². The van der Waals surface area contributed by atoms with E-state index in [0.29, 0.717) is 18.5 Å². The first-order valence-electron chi connectivity index (χ1n) is 7.09. The van der Waals surface area contributed by atoms with Gasteiger partial charge in [-0.3, -0.25) is 14.4 Å². The molecule has 0 radical (unpaired) electrons. The fourth-order valence-corrected chi connectivity index (χ4v) is 3.19. The molecule has 1 unspecified atom stereocenters. The Labute approximate surface area is 133 Å². The topological polar surface area (TPSA) is 74.7 Å². The Hall–Kier alpha value is -1.82. The summed E-state index contributed by atoms with van der Waals surface area (Å²) in [7, 11) is 0. The Morgan fingerprint density at radius 1 is 1.23 bits per heavy atom. The van der Waals surface area contributed by atoms with E-state index in [1.807, 2.05) is 6.07 Å².